The summed E-state index contributed by atoms with van der Waals surface area (Å²) in [7, 11) is 1.87. The zero-order valence-corrected chi connectivity index (χ0v) is 17.9. The van der Waals surface area contributed by atoms with Gasteiger partial charge in [0.15, 0.2) is 5.82 Å². The number of carbonyl (C=O) groups excluding carboxylic acids is 1. The second kappa shape index (κ2) is 6.51. The van der Waals surface area contributed by atoms with E-state index in [0.717, 1.165) is 57.8 Å². The third-order valence-corrected chi connectivity index (χ3v) is 6.44. The predicted octanol–water partition coefficient (Wildman–Crippen LogP) is 4.00. The molecule has 7 nitrogen and oxygen atoms in total. The molecule has 0 spiro atoms. The molecule has 1 saturated carbocycles. The summed E-state index contributed by atoms with van der Waals surface area (Å²) < 4.78 is 4.00. The lowest BCUT2D eigenvalue weighted by Crippen LogP contribution is -2.39. The quantitative estimate of drug-likeness (QED) is 0.510. The summed E-state index contributed by atoms with van der Waals surface area (Å²) in [6.07, 6.45) is 8.02. The lowest BCUT2D eigenvalue weighted by atomic mass is 10.0. The van der Waals surface area contributed by atoms with Crippen LogP contribution in [0.3, 0.4) is 0 Å². The minimum Gasteiger partial charge on any atom is -0.338 e. The average Bonchev–Trinajstić information content (AvgIpc) is 3.42. The standard InChI is InChI=1S/C24H24N6O/c1-14-10-26-29(12-14)21-9-17-5-4-6-18(19(17)11-25-21)22-20-13-28(3)24(31)15(2)30(20)23(27-22)16-7-8-16/h4-6,9-12,15-16H,7-8,13H2,1-3H3/t15-/m0/s1. The van der Waals surface area contributed by atoms with Gasteiger partial charge in [-0.1, -0.05) is 18.2 Å². The second-order valence-corrected chi connectivity index (χ2v) is 8.81. The third-order valence-electron chi connectivity index (χ3n) is 6.44. The molecule has 0 saturated heterocycles. The summed E-state index contributed by atoms with van der Waals surface area (Å²) in [4.78, 5) is 24.3. The normalized spacial score (nSPS) is 18.6. The number of hydrogen-bond donors (Lipinski definition) is 0. The summed E-state index contributed by atoms with van der Waals surface area (Å²) in [5.41, 5.74) is 4.26. The molecule has 1 aliphatic carbocycles. The first-order valence-electron chi connectivity index (χ1n) is 10.8. The van der Waals surface area contributed by atoms with Gasteiger partial charge in [-0.25, -0.2) is 14.6 Å². The molecule has 1 aromatic carbocycles. The van der Waals surface area contributed by atoms with Crippen LogP contribution in [0.5, 0.6) is 0 Å². The van der Waals surface area contributed by atoms with E-state index in [9.17, 15) is 4.79 Å². The molecule has 0 bridgehead atoms. The number of amides is 1. The molecular weight excluding hydrogens is 388 g/mol. The van der Waals surface area contributed by atoms with Gasteiger partial charge < -0.3 is 9.47 Å². The van der Waals surface area contributed by atoms with Crippen molar-refractivity contribution in [3.05, 3.63) is 59.9 Å². The first-order chi connectivity index (χ1) is 15.0. The summed E-state index contributed by atoms with van der Waals surface area (Å²) in [6.45, 7) is 4.58. The highest BCUT2D eigenvalue weighted by Gasteiger charge is 2.38. The van der Waals surface area contributed by atoms with E-state index in [0.29, 0.717) is 12.5 Å². The lowest BCUT2D eigenvalue weighted by molar-refractivity contribution is -0.135. The Labute approximate surface area is 180 Å². The Morgan fingerprint density at radius 3 is 2.74 bits per heavy atom. The zero-order valence-electron chi connectivity index (χ0n) is 17.9. The largest absolute Gasteiger partial charge is 0.338 e. The molecule has 2 aliphatic rings. The lowest BCUT2D eigenvalue weighted by Gasteiger charge is -2.31. The average molecular weight is 412 g/mol. The van der Waals surface area contributed by atoms with Crippen LogP contribution in [0.15, 0.2) is 42.9 Å². The number of likely N-dealkylation sites (N-methyl/N-ethyl adjacent to an activating group) is 1. The molecule has 1 fully saturated rings. The minimum absolute atomic E-state index is 0.150. The van der Waals surface area contributed by atoms with Crippen molar-refractivity contribution in [2.75, 3.05) is 7.05 Å². The van der Waals surface area contributed by atoms with Crippen molar-refractivity contribution < 1.29 is 4.79 Å². The molecule has 1 amide bonds. The number of benzene rings is 1. The number of aromatic nitrogens is 5. The fourth-order valence-electron chi connectivity index (χ4n) is 4.68. The zero-order chi connectivity index (χ0) is 21.3. The maximum absolute atomic E-state index is 12.7. The molecule has 0 N–H and O–H groups in total. The molecule has 6 rings (SSSR count). The van der Waals surface area contributed by atoms with Gasteiger partial charge >= 0.3 is 0 Å². The van der Waals surface area contributed by atoms with Crippen LogP contribution in [0.4, 0.5) is 0 Å². The molecule has 156 valence electrons. The first-order valence-corrected chi connectivity index (χ1v) is 10.8. The van der Waals surface area contributed by atoms with Gasteiger partial charge in [0.1, 0.15) is 11.9 Å². The van der Waals surface area contributed by atoms with E-state index < -0.39 is 0 Å². The number of carbonyl (C=O) groups is 1. The highest BCUT2D eigenvalue weighted by Crippen LogP contribution is 2.44. The van der Waals surface area contributed by atoms with E-state index in [1.165, 1.54) is 0 Å². The topological polar surface area (TPSA) is 68.8 Å². The van der Waals surface area contributed by atoms with Crippen molar-refractivity contribution in [2.24, 2.45) is 0 Å². The van der Waals surface area contributed by atoms with Crippen LogP contribution < -0.4 is 0 Å². The monoisotopic (exact) mass is 412 g/mol. The van der Waals surface area contributed by atoms with Crippen LogP contribution in [0.25, 0.3) is 27.8 Å². The van der Waals surface area contributed by atoms with Crippen LogP contribution in [-0.2, 0) is 11.3 Å². The Morgan fingerprint density at radius 2 is 2.00 bits per heavy atom. The van der Waals surface area contributed by atoms with Crippen molar-refractivity contribution in [2.45, 2.75) is 45.2 Å². The molecule has 7 heteroatoms. The van der Waals surface area contributed by atoms with E-state index in [4.69, 9.17) is 4.98 Å². The van der Waals surface area contributed by atoms with Crippen molar-refractivity contribution in [1.29, 1.82) is 0 Å². The van der Waals surface area contributed by atoms with Crippen molar-refractivity contribution >= 4 is 16.7 Å². The van der Waals surface area contributed by atoms with Crippen molar-refractivity contribution in [3.8, 4) is 17.1 Å². The Morgan fingerprint density at radius 1 is 1.16 bits per heavy atom. The smallest absolute Gasteiger partial charge is 0.245 e. The maximum atomic E-state index is 12.7. The van der Waals surface area contributed by atoms with Crippen LogP contribution in [0.1, 0.15) is 48.8 Å². The number of imidazole rings is 1. The van der Waals surface area contributed by atoms with Gasteiger partial charge in [0.2, 0.25) is 5.91 Å². The van der Waals surface area contributed by atoms with E-state index in [-0.39, 0.29) is 11.9 Å². The highest BCUT2D eigenvalue weighted by atomic mass is 16.2. The Bertz CT molecular complexity index is 1350. The highest BCUT2D eigenvalue weighted by molar-refractivity contribution is 5.97. The van der Waals surface area contributed by atoms with Crippen LogP contribution in [-0.4, -0.2) is 42.2 Å². The van der Waals surface area contributed by atoms with Crippen LogP contribution in [0, 0.1) is 6.92 Å². The molecular formula is C24H24N6O. The van der Waals surface area contributed by atoms with E-state index in [2.05, 4.69) is 38.9 Å². The third kappa shape index (κ3) is 2.80. The number of nitrogens with zero attached hydrogens (tertiary/aromatic N) is 6. The molecule has 4 heterocycles. The summed E-state index contributed by atoms with van der Waals surface area (Å²) in [5.74, 6) is 2.47. The number of pyridine rings is 1. The van der Waals surface area contributed by atoms with Gasteiger partial charge in [0, 0.05) is 36.3 Å². The van der Waals surface area contributed by atoms with Crippen molar-refractivity contribution in [1.82, 2.24) is 29.2 Å². The van der Waals surface area contributed by atoms with Crippen LogP contribution in [0.2, 0.25) is 0 Å². The number of fused-ring (bicyclic) bond motifs is 2. The molecule has 0 unspecified atom stereocenters. The molecule has 4 aromatic rings. The summed E-state index contributed by atoms with van der Waals surface area (Å²) in [6, 6.07) is 8.13. The second-order valence-electron chi connectivity index (χ2n) is 8.81. The minimum atomic E-state index is -0.214. The Hall–Kier alpha value is -3.48. The van der Waals surface area contributed by atoms with Gasteiger partial charge in [-0.15, -0.1) is 0 Å². The number of rotatable bonds is 3. The van der Waals surface area contributed by atoms with Crippen LogP contribution >= 0.6 is 0 Å². The fourth-order valence-corrected chi connectivity index (χ4v) is 4.68. The van der Waals surface area contributed by atoms with E-state index in [1.54, 1.807) is 4.68 Å². The summed E-state index contributed by atoms with van der Waals surface area (Å²) >= 11 is 0. The number of aryl methyl sites for hydroxylation is 1. The predicted molar refractivity (Wildman–Crippen MR) is 118 cm³/mol. The van der Waals surface area contributed by atoms with E-state index >= 15 is 0 Å². The molecule has 0 radical (unpaired) electrons. The first kappa shape index (κ1) is 18.3. The summed E-state index contributed by atoms with van der Waals surface area (Å²) in [5, 5.41) is 6.54. The maximum Gasteiger partial charge on any atom is 0.245 e. The molecule has 1 atom stereocenters. The fraction of sp³-hybridized carbons (Fsp3) is 0.333. The van der Waals surface area contributed by atoms with Gasteiger partial charge in [-0.2, -0.15) is 5.10 Å². The van der Waals surface area contributed by atoms with Gasteiger partial charge in [0.25, 0.3) is 0 Å². The van der Waals surface area contributed by atoms with Crippen molar-refractivity contribution in [3.63, 3.8) is 0 Å². The molecule has 1 aliphatic heterocycles. The molecule has 3 aromatic heterocycles. The Kier molecular flexibility index (Phi) is 3.84. The van der Waals surface area contributed by atoms with E-state index in [1.807, 2.05) is 44.4 Å². The van der Waals surface area contributed by atoms with Gasteiger partial charge in [0.05, 0.1) is 24.1 Å². The number of hydrogen-bond acceptors (Lipinski definition) is 4. The molecule has 31 heavy (non-hydrogen) atoms. The SMILES string of the molecule is Cc1cnn(-c2cc3cccc(-c4nc(C5CC5)n5c4CN(C)C(=O)[C@@H]5C)c3cn2)c1. The Balaban J connectivity index is 1.53. The van der Waals surface area contributed by atoms with Gasteiger partial charge in [-0.05, 0) is 43.7 Å². The van der Waals surface area contributed by atoms with Gasteiger partial charge in [-0.3, -0.25) is 4.79 Å².